The number of methoxy groups -OCH3 is 1. The molecule has 3 rings (SSSR count). The number of Topliss-reactive ketones (excluding diaryl/α,β-unsaturated/α-hetero) is 1. The average molecular weight is 337 g/mol. The maximum atomic E-state index is 12.3. The van der Waals surface area contributed by atoms with E-state index in [9.17, 15) is 14.7 Å². The van der Waals surface area contributed by atoms with Crippen molar-refractivity contribution in [3.05, 3.63) is 59.8 Å². The van der Waals surface area contributed by atoms with E-state index >= 15 is 0 Å². The van der Waals surface area contributed by atoms with Crippen LogP contribution in [0.2, 0.25) is 0 Å². The molecule has 0 spiro atoms. The van der Waals surface area contributed by atoms with Crippen molar-refractivity contribution in [2.24, 2.45) is 5.10 Å². The summed E-state index contributed by atoms with van der Waals surface area (Å²) < 4.78 is 4.98. The number of hydrazone groups is 1. The summed E-state index contributed by atoms with van der Waals surface area (Å²) >= 11 is 0. The number of para-hydroxylation sites is 2. The Morgan fingerprint density at radius 3 is 2.80 bits per heavy atom. The standard InChI is InChI=1S/C18H15N3O4/c1-25-15-8-4-5-11(16(15)22)9-20-21-18(24)17(23)13-10-19-14-7-3-2-6-12(13)14/h2-10,19,22H,1H3,(H,21,24)/b20-9+. The van der Waals surface area contributed by atoms with Gasteiger partial charge >= 0.3 is 5.91 Å². The fraction of sp³-hybridized carbons (Fsp3) is 0.0556. The number of carbonyl (C=O) groups is 2. The quantitative estimate of drug-likeness (QED) is 0.287. The van der Waals surface area contributed by atoms with Gasteiger partial charge in [-0.2, -0.15) is 5.10 Å². The van der Waals surface area contributed by atoms with Crippen LogP contribution in [0.1, 0.15) is 15.9 Å². The third kappa shape index (κ3) is 3.20. The zero-order valence-corrected chi connectivity index (χ0v) is 13.3. The number of ketones is 1. The fourth-order valence-corrected chi connectivity index (χ4v) is 2.40. The van der Waals surface area contributed by atoms with Crippen molar-refractivity contribution in [2.45, 2.75) is 0 Å². The summed E-state index contributed by atoms with van der Waals surface area (Å²) in [5, 5.41) is 14.3. The summed E-state index contributed by atoms with van der Waals surface area (Å²) in [7, 11) is 1.43. The number of hydrogen-bond acceptors (Lipinski definition) is 5. The molecule has 0 unspecified atom stereocenters. The van der Waals surface area contributed by atoms with Gasteiger partial charge in [0, 0.05) is 22.7 Å². The number of aromatic amines is 1. The van der Waals surface area contributed by atoms with Crippen LogP contribution in [0.4, 0.5) is 0 Å². The number of H-pyrrole nitrogens is 1. The molecule has 3 N–H and O–H groups in total. The Labute approximate surface area is 142 Å². The molecule has 0 aliphatic carbocycles. The van der Waals surface area contributed by atoms with Crippen molar-refractivity contribution in [1.29, 1.82) is 0 Å². The van der Waals surface area contributed by atoms with Gasteiger partial charge in [0.15, 0.2) is 11.5 Å². The fourth-order valence-electron chi connectivity index (χ4n) is 2.40. The second-order valence-electron chi connectivity index (χ2n) is 5.17. The average Bonchev–Trinajstić information content (AvgIpc) is 3.06. The molecule has 0 bridgehead atoms. The van der Waals surface area contributed by atoms with Crippen molar-refractivity contribution in [1.82, 2.24) is 10.4 Å². The molecule has 0 radical (unpaired) electrons. The molecule has 7 nitrogen and oxygen atoms in total. The van der Waals surface area contributed by atoms with E-state index < -0.39 is 11.7 Å². The number of hydrogen-bond donors (Lipinski definition) is 3. The Morgan fingerprint density at radius 2 is 2.00 bits per heavy atom. The second kappa shape index (κ2) is 6.88. The van der Waals surface area contributed by atoms with Crippen LogP contribution < -0.4 is 10.2 Å². The number of fused-ring (bicyclic) bond motifs is 1. The van der Waals surface area contributed by atoms with Gasteiger partial charge in [-0.05, 0) is 18.2 Å². The van der Waals surface area contributed by atoms with E-state index in [0.29, 0.717) is 10.9 Å². The Bertz CT molecular complexity index is 975. The number of benzene rings is 2. The topological polar surface area (TPSA) is 104 Å². The predicted molar refractivity (Wildman–Crippen MR) is 93.0 cm³/mol. The number of ether oxygens (including phenoxy) is 1. The minimum atomic E-state index is -0.872. The minimum Gasteiger partial charge on any atom is -0.504 e. The third-order valence-corrected chi connectivity index (χ3v) is 3.66. The van der Waals surface area contributed by atoms with Crippen molar-refractivity contribution in [3.63, 3.8) is 0 Å². The van der Waals surface area contributed by atoms with Gasteiger partial charge in [0.1, 0.15) is 0 Å². The van der Waals surface area contributed by atoms with Crippen LogP contribution in [-0.4, -0.2) is 35.1 Å². The molecule has 0 fully saturated rings. The number of phenolic OH excluding ortho intramolecular Hbond substituents is 1. The van der Waals surface area contributed by atoms with Gasteiger partial charge in [0.05, 0.1) is 18.9 Å². The molecule has 3 aromatic rings. The molecular formula is C18H15N3O4. The number of nitrogens with zero attached hydrogens (tertiary/aromatic N) is 1. The first-order valence-electron chi connectivity index (χ1n) is 7.41. The largest absolute Gasteiger partial charge is 0.504 e. The molecule has 126 valence electrons. The SMILES string of the molecule is COc1cccc(/C=N/NC(=O)C(=O)c2c[nH]c3ccccc23)c1O. The van der Waals surface area contributed by atoms with Gasteiger partial charge in [-0.1, -0.05) is 24.3 Å². The van der Waals surface area contributed by atoms with Crippen molar-refractivity contribution < 1.29 is 19.4 Å². The summed E-state index contributed by atoms with van der Waals surface area (Å²) in [5.41, 5.74) is 3.55. The monoisotopic (exact) mass is 337 g/mol. The molecule has 7 heteroatoms. The predicted octanol–water partition coefficient (Wildman–Crippen LogP) is 2.22. The first-order valence-corrected chi connectivity index (χ1v) is 7.41. The Kier molecular flexibility index (Phi) is 4.47. The van der Waals surface area contributed by atoms with E-state index in [2.05, 4.69) is 15.5 Å². The van der Waals surface area contributed by atoms with Crippen molar-refractivity contribution >= 4 is 28.8 Å². The smallest absolute Gasteiger partial charge is 0.312 e. The van der Waals surface area contributed by atoms with Crippen molar-refractivity contribution in [2.75, 3.05) is 7.11 Å². The number of phenols is 1. The van der Waals surface area contributed by atoms with E-state index in [4.69, 9.17) is 4.74 Å². The molecule has 0 aliphatic rings. The maximum Gasteiger partial charge on any atom is 0.312 e. The maximum absolute atomic E-state index is 12.3. The molecular weight excluding hydrogens is 322 g/mol. The number of nitrogens with one attached hydrogen (secondary N) is 2. The minimum absolute atomic E-state index is 0.106. The summed E-state index contributed by atoms with van der Waals surface area (Å²) in [6.45, 7) is 0. The summed E-state index contributed by atoms with van der Waals surface area (Å²) in [5.74, 6) is -1.40. The van der Waals surface area contributed by atoms with E-state index in [1.807, 2.05) is 12.1 Å². The molecule has 2 aromatic carbocycles. The lowest BCUT2D eigenvalue weighted by Gasteiger charge is -2.04. The number of aromatic nitrogens is 1. The lowest BCUT2D eigenvalue weighted by molar-refractivity contribution is -0.116. The lowest BCUT2D eigenvalue weighted by atomic mass is 10.1. The summed E-state index contributed by atoms with van der Waals surface area (Å²) in [6.07, 6.45) is 2.72. The van der Waals surface area contributed by atoms with Crippen LogP contribution in [-0.2, 0) is 4.79 Å². The molecule has 1 heterocycles. The van der Waals surface area contributed by atoms with E-state index in [-0.39, 0.29) is 17.1 Å². The van der Waals surface area contributed by atoms with Gasteiger partial charge in [0.25, 0.3) is 5.78 Å². The highest BCUT2D eigenvalue weighted by molar-refractivity contribution is 6.44. The molecule has 0 saturated heterocycles. The molecule has 25 heavy (non-hydrogen) atoms. The van der Waals surface area contributed by atoms with Crippen LogP contribution in [0.5, 0.6) is 11.5 Å². The molecule has 0 atom stereocenters. The van der Waals surface area contributed by atoms with Gasteiger partial charge in [-0.25, -0.2) is 5.43 Å². The van der Waals surface area contributed by atoms with E-state index in [1.54, 1.807) is 30.3 Å². The highest BCUT2D eigenvalue weighted by Gasteiger charge is 2.19. The highest BCUT2D eigenvalue weighted by atomic mass is 16.5. The molecule has 0 aliphatic heterocycles. The Hall–Kier alpha value is -3.61. The number of amides is 1. The Morgan fingerprint density at radius 1 is 1.20 bits per heavy atom. The van der Waals surface area contributed by atoms with Crippen LogP contribution in [0.25, 0.3) is 10.9 Å². The summed E-state index contributed by atoms with van der Waals surface area (Å²) in [6, 6.07) is 12.0. The van der Waals surface area contributed by atoms with Crippen LogP contribution in [0.3, 0.4) is 0 Å². The second-order valence-corrected chi connectivity index (χ2v) is 5.17. The van der Waals surface area contributed by atoms with Gasteiger partial charge in [-0.15, -0.1) is 0 Å². The van der Waals surface area contributed by atoms with Crippen molar-refractivity contribution in [3.8, 4) is 11.5 Å². The van der Waals surface area contributed by atoms with E-state index in [1.165, 1.54) is 19.5 Å². The zero-order chi connectivity index (χ0) is 17.8. The first kappa shape index (κ1) is 16.3. The van der Waals surface area contributed by atoms with Gasteiger partial charge in [-0.3, -0.25) is 9.59 Å². The van der Waals surface area contributed by atoms with Crippen LogP contribution >= 0.6 is 0 Å². The van der Waals surface area contributed by atoms with E-state index in [0.717, 1.165) is 5.52 Å². The summed E-state index contributed by atoms with van der Waals surface area (Å²) in [4.78, 5) is 27.2. The third-order valence-electron chi connectivity index (χ3n) is 3.66. The molecule has 0 saturated carbocycles. The van der Waals surface area contributed by atoms with Crippen LogP contribution in [0, 0.1) is 0 Å². The Balaban J connectivity index is 1.73. The molecule has 1 aromatic heterocycles. The number of rotatable bonds is 5. The normalized spacial score (nSPS) is 10.9. The lowest BCUT2D eigenvalue weighted by Crippen LogP contribution is -2.27. The number of aromatic hydroxyl groups is 1. The number of carbonyl (C=O) groups excluding carboxylic acids is 2. The van der Waals surface area contributed by atoms with Gasteiger partial charge in [0.2, 0.25) is 0 Å². The first-order chi connectivity index (χ1) is 12.1. The zero-order valence-electron chi connectivity index (χ0n) is 13.3. The highest BCUT2D eigenvalue weighted by Crippen LogP contribution is 2.27. The van der Waals surface area contributed by atoms with Crippen LogP contribution in [0.15, 0.2) is 53.8 Å². The molecule has 1 amide bonds. The van der Waals surface area contributed by atoms with Gasteiger partial charge < -0.3 is 14.8 Å².